The first-order valence-corrected chi connectivity index (χ1v) is 5.19. The largest absolute Gasteiger partial charge is 0.406 e. The van der Waals surface area contributed by atoms with Gasteiger partial charge in [0, 0.05) is 14.2 Å². The molecule has 2 unspecified atom stereocenters. The Bertz CT molecular complexity index is 303. The Hall–Kier alpha value is -0.810. The summed E-state index contributed by atoms with van der Waals surface area (Å²) >= 11 is 5.82. The molecular weight excluding hydrogens is 218 g/mol. The zero-order valence-electron chi connectivity index (χ0n) is 9.40. The van der Waals surface area contributed by atoms with E-state index in [2.05, 4.69) is 10.2 Å². The van der Waals surface area contributed by atoms with Crippen LogP contribution >= 0.6 is 11.6 Å². The third-order valence-electron chi connectivity index (χ3n) is 2.14. The number of hydrogen-bond donors (Lipinski definition) is 0. The summed E-state index contributed by atoms with van der Waals surface area (Å²) in [7, 11) is 3.53. The summed E-state index contributed by atoms with van der Waals surface area (Å²) in [6, 6.07) is 0.635. The molecule has 2 atom stereocenters. The molecule has 0 N–H and O–H groups in total. The maximum Gasteiger partial charge on any atom is 0.318 e. The summed E-state index contributed by atoms with van der Waals surface area (Å²) in [6.45, 7) is 4.40. The van der Waals surface area contributed by atoms with Crippen molar-refractivity contribution >= 4 is 17.6 Å². The standard InChI is InChI=1S/C9H16ClN3O2/c1-6(5-14-4)13(3)9-12-11-8(15-9)7(2)10/h6-7H,5H2,1-4H3. The lowest BCUT2D eigenvalue weighted by molar-refractivity contribution is 0.181. The molecule has 0 radical (unpaired) electrons. The lowest BCUT2D eigenvalue weighted by atomic mass is 10.3. The van der Waals surface area contributed by atoms with Crippen LogP contribution in [0.15, 0.2) is 4.42 Å². The zero-order chi connectivity index (χ0) is 11.4. The van der Waals surface area contributed by atoms with Crippen molar-refractivity contribution < 1.29 is 9.15 Å². The number of methoxy groups -OCH3 is 1. The van der Waals surface area contributed by atoms with Gasteiger partial charge in [-0.1, -0.05) is 5.10 Å². The van der Waals surface area contributed by atoms with Crippen molar-refractivity contribution in [2.24, 2.45) is 0 Å². The van der Waals surface area contributed by atoms with E-state index in [9.17, 15) is 0 Å². The van der Waals surface area contributed by atoms with Gasteiger partial charge in [-0.3, -0.25) is 0 Å². The first kappa shape index (κ1) is 12.3. The van der Waals surface area contributed by atoms with E-state index in [4.69, 9.17) is 20.8 Å². The van der Waals surface area contributed by atoms with E-state index < -0.39 is 0 Å². The Morgan fingerprint density at radius 3 is 2.60 bits per heavy atom. The zero-order valence-corrected chi connectivity index (χ0v) is 10.2. The minimum absolute atomic E-state index is 0.175. The number of alkyl halides is 1. The lowest BCUT2D eigenvalue weighted by Gasteiger charge is -2.21. The SMILES string of the molecule is COCC(C)N(C)c1nnc(C(C)Cl)o1. The Balaban J connectivity index is 2.69. The molecule has 1 aromatic heterocycles. The van der Waals surface area contributed by atoms with Crippen LogP contribution in [-0.4, -0.2) is 37.0 Å². The molecule has 6 heteroatoms. The van der Waals surface area contributed by atoms with Crippen LogP contribution in [0.4, 0.5) is 6.01 Å². The van der Waals surface area contributed by atoms with E-state index in [1.165, 1.54) is 0 Å². The minimum atomic E-state index is -0.266. The fourth-order valence-electron chi connectivity index (χ4n) is 1.07. The maximum absolute atomic E-state index is 5.82. The van der Waals surface area contributed by atoms with E-state index in [1.54, 1.807) is 14.0 Å². The summed E-state index contributed by atoms with van der Waals surface area (Å²) in [5.74, 6) is 0.433. The number of likely N-dealkylation sites (N-methyl/N-ethyl adjacent to an activating group) is 1. The van der Waals surface area contributed by atoms with Crippen molar-refractivity contribution in [3.8, 4) is 0 Å². The molecule has 5 nitrogen and oxygen atoms in total. The van der Waals surface area contributed by atoms with E-state index in [0.717, 1.165) is 0 Å². The van der Waals surface area contributed by atoms with Crippen LogP contribution in [0.3, 0.4) is 0 Å². The fraction of sp³-hybridized carbons (Fsp3) is 0.778. The number of aromatic nitrogens is 2. The Kier molecular flexibility index (Phi) is 4.35. The first-order chi connectivity index (χ1) is 7.06. The second-order valence-electron chi connectivity index (χ2n) is 3.45. The van der Waals surface area contributed by atoms with Crippen LogP contribution in [0.25, 0.3) is 0 Å². The average Bonchev–Trinajstić information content (AvgIpc) is 2.65. The third kappa shape index (κ3) is 3.07. The van der Waals surface area contributed by atoms with Crippen molar-refractivity contribution in [2.45, 2.75) is 25.3 Å². The highest BCUT2D eigenvalue weighted by Crippen LogP contribution is 2.21. The highest BCUT2D eigenvalue weighted by molar-refractivity contribution is 6.20. The van der Waals surface area contributed by atoms with Gasteiger partial charge in [0.05, 0.1) is 12.6 Å². The highest BCUT2D eigenvalue weighted by atomic mass is 35.5. The number of halogens is 1. The second kappa shape index (κ2) is 5.32. The van der Waals surface area contributed by atoms with Gasteiger partial charge in [0.15, 0.2) is 0 Å². The van der Waals surface area contributed by atoms with Crippen molar-refractivity contribution in [1.82, 2.24) is 10.2 Å². The topological polar surface area (TPSA) is 51.4 Å². The summed E-state index contributed by atoms with van der Waals surface area (Å²) in [5, 5.41) is 7.49. The van der Waals surface area contributed by atoms with Gasteiger partial charge in [0.1, 0.15) is 5.38 Å². The molecule has 0 saturated carbocycles. The maximum atomic E-state index is 5.82. The normalized spacial score (nSPS) is 15.0. The molecule has 1 rings (SSSR count). The van der Waals surface area contributed by atoms with Gasteiger partial charge in [-0.15, -0.1) is 16.7 Å². The summed E-state index contributed by atoms with van der Waals surface area (Å²) in [5.41, 5.74) is 0. The fourth-order valence-corrected chi connectivity index (χ4v) is 1.16. The number of ether oxygens (including phenoxy) is 1. The van der Waals surface area contributed by atoms with E-state index in [0.29, 0.717) is 18.5 Å². The molecule has 0 saturated heterocycles. The molecule has 1 aromatic rings. The van der Waals surface area contributed by atoms with Crippen molar-refractivity contribution in [1.29, 1.82) is 0 Å². The van der Waals surface area contributed by atoms with Crippen LogP contribution in [0, 0.1) is 0 Å². The van der Waals surface area contributed by atoms with Crippen molar-refractivity contribution in [2.75, 3.05) is 25.7 Å². The van der Waals surface area contributed by atoms with Crippen molar-refractivity contribution in [3.63, 3.8) is 0 Å². The highest BCUT2D eigenvalue weighted by Gasteiger charge is 2.17. The van der Waals surface area contributed by atoms with Crippen LogP contribution in [0.2, 0.25) is 0 Å². The smallest absolute Gasteiger partial charge is 0.318 e. The summed E-state index contributed by atoms with van der Waals surface area (Å²) < 4.78 is 10.4. The molecule has 0 bridgehead atoms. The molecule has 0 aliphatic heterocycles. The van der Waals surface area contributed by atoms with E-state index in [-0.39, 0.29) is 11.4 Å². The van der Waals surface area contributed by atoms with Gasteiger partial charge in [0.25, 0.3) is 0 Å². The molecule has 1 heterocycles. The molecule has 0 amide bonds. The monoisotopic (exact) mass is 233 g/mol. The van der Waals surface area contributed by atoms with Crippen LogP contribution in [-0.2, 0) is 4.74 Å². The Morgan fingerprint density at radius 2 is 2.13 bits per heavy atom. The predicted molar refractivity (Wildman–Crippen MR) is 58.3 cm³/mol. The van der Waals surface area contributed by atoms with Crippen LogP contribution in [0.1, 0.15) is 25.1 Å². The molecule has 0 aliphatic rings. The van der Waals surface area contributed by atoms with Gasteiger partial charge in [0.2, 0.25) is 5.89 Å². The first-order valence-electron chi connectivity index (χ1n) is 4.75. The molecule has 0 spiro atoms. The molecule has 0 aliphatic carbocycles. The van der Waals surface area contributed by atoms with Gasteiger partial charge in [-0.05, 0) is 13.8 Å². The third-order valence-corrected chi connectivity index (χ3v) is 2.33. The second-order valence-corrected chi connectivity index (χ2v) is 4.11. The van der Waals surface area contributed by atoms with E-state index >= 15 is 0 Å². The minimum Gasteiger partial charge on any atom is -0.406 e. The van der Waals surface area contributed by atoms with Crippen molar-refractivity contribution in [3.05, 3.63) is 5.89 Å². The quantitative estimate of drug-likeness (QED) is 0.727. The van der Waals surface area contributed by atoms with Crippen LogP contribution < -0.4 is 4.90 Å². The van der Waals surface area contributed by atoms with Gasteiger partial charge >= 0.3 is 6.01 Å². The van der Waals surface area contributed by atoms with Gasteiger partial charge in [-0.25, -0.2) is 0 Å². The Morgan fingerprint density at radius 1 is 1.47 bits per heavy atom. The van der Waals surface area contributed by atoms with Crippen LogP contribution in [0.5, 0.6) is 0 Å². The molecule has 0 fully saturated rings. The number of nitrogens with zero attached hydrogens (tertiary/aromatic N) is 3. The number of rotatable bonds is 5. The Labute approximate surface area is 94.4 Å². The molecule has 0 aromatic carbocycles. The number of anilines is 1. The predicted octanol–water partition coefficient (Wildman–Crippen LogP) is 1.84. The number of hydrogen-bond acceptors (Lipinski definition) is 5. The summed E-state index contributed by atoms with van der Waals surface area (Å²) in [4.78, 5) is 1.86. The lowest BCUT2D eigenvalue weighted by Crippen LogP contribution is -2.32. The van der Waals surface area contributed by atoms with E-state index in [1.807, 2.05) is 18.9 Å². The summed E-state index contributed by atoms with van der Waals surface area (Å²) in [6.07, 6.45) is 0. The van der Waals surface area contributed by atoms with Gasteiger partial charge in [-0.2, -0.15) is 0 Å². The molecule has 86 valence electrons. The molecular formula is C9H16ClN3O2. The average molecular weight is 234 g/mol. The van der Waals surface area contributed by atoms with Gasteiger partial charge < -0.3 is 14.1 Å². The molecule has 15 heavy (non-hydrogen) atoms.